The van der Waals surface area contributed by atoms with Crippen LogP contribution in [0.2, 0.25) is 0 Å². The Morgan fingerprint density at radius 3 is 2.77 bits per heavy atom. The van der Waals surface area contributed by atoms with Crippen molar-refractivity contribution in [1.82, 2.24) is 19.4 Å². The summed E-state index contributed by atoms with van der Waals surface area (Å²) in [5.74, 6) is 1.20. The summed E-state index contributed by atoms with van der Waals surface area (Å²) in [7, 11) is 0. The number of aromatic nitrogens is 2. The molecule has 0 amide bonds. The topological polar surface area (TPSA) is 24.3 Å². The van der Waals surface area contributed by atoms with Crippen LogP contribution in [-0.4, -0.2) is 51.6 Å². The highest BCUT2D eigenvalue weighted by molar-refractivity contribution is 7.09. The Kier molecular flexibility index (Phi) is 5.28. The van der Waals surface area contributed by atoms with Gasteiger partial charge in [0.25, 0.3) is 0 Å². The predicted octanol–water partition coefficient (Wildman–Crippen LogP) is 2.71. The second kappa shape index (κ2) is 7.40. The molecule has 120 valence electrons. The first kappa shape index (κ1) is 15.7. The van der Waals surface area contributed by atoms with Gasteiger partial charge in [-0.2, -0.15) is 0 Å². The van der Waals surface area contributed by atoms with E-state index in [4.69, 9.17) is 0 Å². The number of hydrogen-bond acceptors (Lipinski definition) is 4. The van der Waals surface area contributed by atoms with E-state index in [1.807, 2.05) is 17.5 Å². The Labute approximate surface area is 137 Å². The van der Waals surface area contributed by atoms with Crippen molar-refractivity contribution in [1.29, 1.82) is 0 Å². The lowest BCUT2D eigenvalue weighted by Gasteiger charge is -2.38. The SMILES string of the molecule is CCc1nccn1CC(C)N1CCN(Cc2cccs2)CC1. The maximum atomic E-state index is 4.42. The second-order valence-electron chi connectivity index (χ2n) is 6.09. The monoisotopic (exact) mass is 318 g/mol. The van der Waals surface area contributed by atoms with Crippen LogP contribution in [0.4, 0.5) is 0 Å². The standard InChI is InChI=1S/C17H26N4S/c1-3-17-18-6-7-21(17)13-15(2)20-10-8-19(9-11-20)14-16-5-4-12-22-16/h4-7,12,15H,3,8-11,13-14H2,1-2H3. The summed E-state index contributed by atoms with van der Waals surface area (Å²) in [5.41, 5.74) is 0. The minimum absolute atomic E-state index is 0.573. The highest BCUT2D eigenvalue weighted by Crippen LogP contribution is 2.15. The summed E-state index contributed by atoms with van der Waals surface area (Å²) in [5, 5.41) is 2.17. The number of piperazine rings is 1. The molecule has 22 heavy (non-hydrogen) atoms. The lowest BCUT2D eigenvalue weighted by Crippen LogP contribution is -2.50. The predicted molar refractivity (Wildman–Crippen MR) is 92.2 cm³/mol. The van der Waals surface area contributed by atoms with Crippen molar-refractivity contribution >= 4 is 11.3 Å². The number of aryl methyl sites for hydroxylation is 1. The van der Waals surface area contributed by atoms with Crippen LogP contribution in [0.3, 0.4) is 0 Å². The fourth-order valence-corrected chi connectivity index (χ4v) is 3.95. The molecule has 5 heteroatoms. The van der Waals surface area contributed by atoms with Gasteiger partial charge in [-0.15, -0.1) is 11.3 Å². The van der Waals surface area contributed by atoms with E-state index in [1.165, 1.54) is 36.9 Å². The molecule has 0 saturated carbocycles. The quantitative estimate of drug-likeness (QED) is 0.818. The minimum Gasteiger partial charge on any atom is -0.333 e. The molecule has 2 aromatic rings. The average Bonchev–Trinajstić information content (AvgIpc) is 3.19. The van der Waals surface area contributed by atoms with Crippen LogP contribution in [0.1, 0.15) is 24.5 Å². The number of nitrogens with zero attached hydrogens (tertiary/aromatic N) is 4. The van der Waals surface area contributed by atoms with Gasteiger partial charge in [-0.25, -0.2) is 4.98 Å². The maximum Gasteiger partial charge on any atom is 0.108 e. The van der Waals surface area contributed by atoms with Gasteiger partial charge in [-0.05, 0) is 18.4 Å². The second-order valence-corrected chi connectivity index (χ2v) is 7.12. The van der Waals surface area contributed by atoms with Crippen molar-refractivity contribution in [3.8, 4) is 0 Å². The van der Waals surface area contributed by atoms with E-state index >= 15 is 0 Å². The van der Waals surface area contributed by atoms with E-state index in [9.17, 15) is 0 Å². The van der Waals surface area contributed by atoms with Crippen LogP contribution in [0.15, 0.2) is 29.9 Å². The Morgan fingerprint density at radius 1 is 1.27 bits per heavy atom. The zero-order chi connectivity index (χ0) is 15.4. The summed E-state index contributed by atoms with van der Waals surface area (Å²) in [4.78, 5) is 11.1. The van der Waals surface area contributed by atoms with Crippen molar-refractivity contribution in [2.75, 3.05) is 26.2 Å². The molecule has 0 radical (unpaired) electrons. The van der Waals surface area contributed by atoms with Crippen molar-refractivity contribution < 1.29 is 0 Å². The number of thiophene rings is 1. The van der Waals surface area contributed by atoms with E-state index in [1.54, 1.807) is 0 Å². The van der Waals surface area contributed by atoms with Gasteiger partial charge in [0.15, 0.2) is 0 Å². The fourth-order valence-electron chi connectivity index (χ4n) is 3.21. The third-order valence-corrected chi connectivity index (χ3v) is 5.43. The Bertz CT molecular complexity index is 555. The molecule has 3 rings (SSSR count). The highest BCUT2D eigenvalue weighted by Gasteiger charge is 2.21. The molecule has 0 bridgehead atoms. The fraction of sp³-hybridized carbons (Fsp3) is 0.588. The van der Waals surface area contributed by atoms with Gasteiger partial charge in [-0.1, -0.05) is 13.0 Å². The molecular weight excluding hydrogens is 292 g/mol. The Balaban J connectivity index is 1.48. The molecule has 1 aliphatic heterocycles. The molecule has 0 spiro atoms. The lowest BCUT2D eigenvalue weighted by molar-refractivity contribution is 0.0915. The van der Waals surface area contributed by atoms with Gasteiger partial charge in [0, 0.05) is 69.0 Å². The van der Waals surface area contributed by atoms with E-state index < -0.39 is 0 Å². The third kappa shape index (κ3) is 3.77. The molecule has 0 aliphatic carbocycles. The molecule has 1 unspecified atom stereocenters. The van der Waals surface area contributed by atoms with Crippen LogP contribution >= 0.6 is 11.3 Å². The number of hydrogen-bond donors (Lipinski definition) is 0. The molecule has 2 aromatic heterocycles. The van der Waals surface area contributed by atoms with Crippen molar-refractivity contribution in [2.24, 2.45) is 0 Å². The van der Waals surface area contributed by atoms with Crippen molar-refractivity contribution in [2.45, 2.75) is 39.4 Å². The first-order valence-corrected chi connectivity index (χ1v) is 9.13. The van der Waals surface area contributed by atoms with Crippen LogP contribution in [0.25, 0.3) is 0 Å². The number of rotatable bonds is 6. The van der Waals surface area contributed by atoms with E-state index in [0.29, 0.717) is 6.04 Å². The van der Waals surface area contributed by atoms with Gasteiger partial charge in [0.05, 0.1) is 0 Å². The maximum absolute atomic E-state index is 4.42. The molecular formula is C17H26N4S. The summed E-state index contributed by atoms with van der Waals surface area (Å²) in [6, 6.07) is 4.96. The summed E-state index contributed by atoms with van der Waals surface area (Å²) in [6.07, 6.45) is 5.04. The average molecular weight is 318 g/mol. The molecule has 1 saturated heterocycles. The highest BCUT2D eigenvalue weighted by atomic mass is 32.1. The zero-order valence-electron chi connectivity index (χ0n) is 13.6. The van der Waals surface area contributed by atoms with Crippen molar-refractivity contribution in [3.63, 3.8) is 0 Å². The molecule has 1 aliphatic rings. The molecule has 0 aromatic carbocycles. The normalized spacial score (nSPS) is 18.6. The Hall–Kier alpha value is -1.17. The van der Waals surface area contributed by atoms with Gasteiger partial charge < -0.3 is 4.57 Å². The van der Waals surface area contributed by atoms with Crippen LogP contribution in [0.5, 0.6) is 0 Å². The summed E-state index contributed by atoms with van der Waals surface area (Å²) < 4.78 is 2.31. The zero-order valence-corrected chi connectivity index (χ0v) is 14.4. The van der Waals surface area contributed by atoms with Crippen LogP contribution in [-0.2, 0) is 19.5 Å². The molecule has 4 nitrogen and oxygen atoms in total. The Morgan fingerprint density at radius 2 is 2.09 bits per heavy atom. The first-order valence-electron chi connectivity index (χ1n) is 8.25. The van der Waals surface area contributed by atoms with Gasteiger partial charge in [0.2, 0.25) is 0 Å². The number of imidazole rings is 1. The first-order chi connectivity index (χ1) is 10.8. The van der Waals surface area contributed by atoms with E-state index in [0.717, 1.165) is 19.5 Å². The van der Waals surface area contributed by atoms with Crippen LogP contribution in [0, 0.1) is 0 Å². The minimum atomic E-state index is 0.573. The summed E-state index contributed by atoms with van der Waals surface area (Å²) >= 11 is 1.86. The summed E-state index contributed by atoms with van der Waals surface area (Å²) in [6.45, 7) is 11.4. The van der Waals surface area contributed by atoms with E-state index in [2.05, 4.69) is 56.9 Å². The smallest absolute Gasteiger partial charge is 0.108 e. The molecule has 1 fully saturated rings. The van der Waals surface area contributed by atoms with E-state index in [-0.39, 0.29) is 0 Å². The van der Waals surface area contributed by atoms with Crippen LogP contribution < -0.4 is 0 Å². The van der Waals surface area contributed by atoms with Gasteiger partial charge in [0.1, 0.15) is 5.82 Å². The molecule has 0 N–H and O–H groups in total. The third-order valence-electron chi connectivity index (χ3n) is 4.57. The van der Waals surface area contributed by atoms with Gasteiger partial charge in [-0.3, -0.25) is 9.80 Å². The lowest BCUT2D eigenvalue weighted by atomic mass is 10.2. The van der Waals surface area contributed by atoms with Crippen molar-refractivity contribution in [3.05, 3.63) is 40.6 Å². The van der Waals surface area contributed by atoms with Gasteiger partial charge >= 0.3 is 0 Å². The largest absolute Gasteiger partial charge is 0.333 e. The molecule has 3 heterocycles. The molecule has 1 atom stereocenters.